The van der Waals surface area contributed by atoms with Crippen LogP contribution in [0.3, 0.4) is 0 Å². The van der Waals surface area contributed by atoms with Gasteiger partial charge < -0.3 is 9.64 Å². The molecule has 1 aromatic heterocycles. The van der Waals surface area contributed by atoms with Crippen LogP contribution in [0.25, 0.3) is 0 Å². The number of nitrogens with zero attached hydrogens (tertiary/aromatic N) is 2. The Hall–Kier alpha value is -1.42. The van der Waals surface area contributed by atoms with E-state index in [1.165, 1.54) is 0 Å². The highest BCUT2D eigenvalue weighted by molar-refractivity contribution is 5.93. The number of carbonyl (C=O) groups is 1. The Kier molecular flexibility index (Phi) is 3.51. The Morgan fingerprint density at radius 2 is 2.31 bits per heavy atom. The van der Waals surface area contributed by atoms with Gasteiger partial charge in [0.25, 0.3) is 5.91 Å². The van der Waals surface area contributed by atoms with Crippen molar-refractivity contribution < 1.29 is 9.53 Å². The molecule has 86 valence electrons. The summed E-state index contributed by atoms with van der Waals surface area (Å²) in [6.45, 7) is 4.70. The molecule has 1 saturated heterocycles. The first-order valence-electron chi connectivity index (χ1n) is 5.57. The van der Waals surface area contributed by atoms with Crippen molar-refractivity contribution in [1.82, 2.24) is 9.88 Å². The first-order chi connectivity index (χ1) is 7.79. The van der Waals surface area contributed by atoms with Gasteiger partial charge in [0.05, 0.1) is 6.61 Å². The van der Waals surface area contributed by atoms with Gasteiger partial charge in [-0.25, -0.2) is 0 Å². The molecule has 4 heteroatoms. The molecule has 16 heavy (non-hydrogen) atoms. The average Bonchev–Trinajstić information content (AvgIpc) is 2.57. The van der Waals surface area contributed by atoms with Crippen LogP contribution in [0.4, 0.5) is 0 Å². The number of pyridine rings is 1. The summed E-state index contributed by atoms with van der Waals surface area (Å²) in [6.07, 6.45) is 2.56. The minimum Gasteiger partial charge on any atom is -0.380 e. The average molecular weight is 220 g/mol. The first kappa shape index (κ1) is 11.1. The fraction of sp³-hybridized carbons (Fsp3) is 0.500. The Labute approximate surface area is 95.2 Å². The van der Waals surface area contributed by atoms with Gasteiger partial charge in [-0.05, 0) is 25.0 Å². The highest BCUT2D eigenvalue weighted by Crippen LogP contribution is 2.09. The molecule has 0 saturated carbocycles. The minimum absolute atomic E-state index is 0.0172. The van der Waals surface area contributed by atoms with Gasteiger partial charge in [-0.2, -0.15) is 0 Å². The molecule has 1 amide bonds. The van der Waals surface area contributed by atoms with Crippen molar-refractivity contribution in [2.45, 2.75) is 13.3 Å². The first-order valence-corrected chi connectivity index (χ1v) is 5.57. The van der Waals surface area contributed by atoms with Crippen LogP contribution in [-0.4, -0.2) is 42.1 Å². The van der Waals surface area contributed by atoms with Crippen LogP contribution in [0, 0.1) is 6.92 Å². The van der Waals surface area contributed by atoms with E-state index < -0.39 is 0 Å². The van der Waals surface area contributed by atoms with E-state index in [0.29, 0.717) is 18.8 Å². The normalized spacial score (nSPS) is 16.9. The summed E-state index contributed by atoms with van der Waals surface area (Å²) >= 11 is 0. The van der Waals surface area contributed by atoms with Crippen molar-refractivity contribution in [3.63, 3.8) is 0 Å². The third-order valence-electron chi connectivity index (χ3n) is 2.72. The summed E-state index contributed by atoms with van der Waals surface area (Å²) < 4.78 is 5.33. The molecule has 0 bridgehead atoms. The van der Waals surface area contributed by atoms with Gasteiger partial charge in [0.2, 0.25) is 0 Å². The Morgan fingerprint density at radius 3 is 3.12 bits per heavy atom. The molecule has 0 aliphatic carbocycles. The van der Waals surface area contributed by atoms with Crippen LogP contribution in [0.2, 0.25) is 0 Å². The zero-order valence-electron chi connectivity index (χ0n) is 9.48. The fourth-order valence-electron chi connectivity index (χ4n) is 1.81. The lowest BCUT2D eigenvalue weighted by Gasteiger charge is -2.19. The molecule has 1 aromatic rings. The minimum atomic E-state index is 0.0172. The van der Waals surface area contributed by atoms with Crippen LogP contribution in [0.15, 0.2) is 18.3 Å². The second-order valence-electron chi connectivity index (χ2n) is 3.93. The summed E-state index contributed by atoms with van der Waals surface area (Å²) in [5, 5.41) is 0. The smallest absolute Gasteiger partial charge is 0.272 e. The molecular weight excluding hydrogens is 204 g/mol. The van der Waals surface area contributed by atoms with E-state index in [4.69, 9.17) is 4.74 Å². The molecule has 2 heterocycles. The Morgan fingerprint density at radius 1 is 1.44 bits per heavy atom. The maximum atomic E-state index is 12.2. The van der Waals surface area contributed by atoms with Gasteiger partial charge in [-0.1, -0.05) is 6.07 Å². The topological polar surface area (TPSA) is 42.4 Å². The van der Waals surface area contributed by atoms with Gasteiger partial charge in [0, 0.05) is 25.9 Å². The predicted molar refractivity (Wildman–Crippen MR) is 60.3 cm³/mol. The molecule has 4 nitrogen and oxygen atoms in total. The second-order valence-corrected chi connectivity index (χ2v) is 3.93. The molecule has 0 atom stereocenters. The van der Waals surface area contributed by atoms with E-state index in [1.54, 1.807) is 6.20 Å². The number of carbonyl (C=O) groups excluding carboxylic acids is 1. The third kappa shape index (κ3) is 2.39. The van der Waals surface area contributed by atoms with Gasteiger partial charge in [-0.15, -0.1) is 0 Å². The molecule has 0 aromatic carbocycles. The largest absolute Gasteiger partial charge is 0.380 e. The SMILES string of the molecule is Cc1cccnc1C(=O)N1CCCOCC1. The lowest BCUT2D eigenvalue weighted by atomic mass is 10.2. The van der Waals surface area contributed by atoms with Crippen LogP contribution >= 0.6 is 0 Å². The highest BCUT2D eigenvalue weighted by Gasteiger charge is 2.19. The number of rotatable bonds is 1. The van der Waals surface area contributed by atoms with Crippen molar-refractivity contribution in [3.05, 3.63) is 29.6 Å². The molecule has 0 unspecified atom stereocenters. The standard InChI is InChI=1S/C12H16N2O2/c1-10-4-2-5-13-11(10)12(15)14-6-3-8-16-9-7-14/h2,4-5H,3,6-9H2,1H3. The van der Waals surface area contributed by atoms with Gasteiger partial charge in [0.15, 0.2) is 0 Å². The summed E-state index contributed by atoms with van der Waals surface area (Å²) in [6, 6.07) is 3.76. The number of amides is 1. The monoisotopic (exact) mass is 220 g/mol. The van der Waals surface area contributed by atoms with E-state index in [9.17, 15) is 4.79 Å². The molecule has 0 radical (unpaired) electrons. The van der Waals surface area contributed by atoms with E-state index >= 15 is 0 Å². The van der Waals surface area contributed by atoms with Gasteiger partial charge in [-0.3, -0.25) is 9.78 Å². The summed E-state index contributed by atoms with van der Waals surface area (Å²) in [5.41, 5.74) is 1.49. The molecule has 1 aliphatic rings. The van der Waals surface area contributed by atoms with Crippen molar-refractivity contribution >= 4 is 5.91 Å². The lowest BCUT2D eigenvalue weighted by Crippen LogP contribution is -2.34. The number of aromatic nitrogens is 1. The zero-order chi connectivity index (χ0) is 11.4. The Balaban J connectivity index is 2.14. The van der Waals surface area contributed by atoms with Gasteiger partial charge in [0.1, 0.15) is 5.69 Å². The molecule has 1 fully saturated rings. The van der Waals surface area contributed by atoms with E-state index in [-0.39, 0.29) is 5.91 Å². The maximum Gasteiger partial charge on any atom is 0.272 e. The zero-order valence-corrected chi connectivity index (χ0v) is 9.48. The number of hydrogen-bond donors (Lipinski definition) is 0. The number of ether oxygens (including phenoxy) is 1. The van der Waals surface area contributed by atoms with Crippen LogP contribution in [0.1, 0.15) is 22.5 Å². The van der Waals surface area contributed by atoms with E-state index in [1.807, 2.05) is 24.0 Å². The van der Waals surface area contributed by atoms with Gasteiger partial charge >= 0.3 is 0 Å². The summed E-state index contributed by atoms with van der Waals surface area (Å²) in [7, 11) is 0. The van der Waals surface area contributed by atoms with Crippen LogP contribution in [0.5, 0.6) is 0 Å². The van der Waals surface area contributed by atoms with Crippen LogP contribution in [-0.2, 0) is 4.74 Å². The molecule has 1 aliphatic heterocycles. The maximum absolute atomic E-state index is 12.2. The van der Waals surface area contributed by atoms with Crippen molar-refractivity contribution in [1.29, 1.82) is 0 Å². The lowest BCUT2D eigenvalue weighted by molar-refractivity contribution is 0.0735. The number of hydrogen-bond acceptors (Lipinski definition) is 3. The van der Waals surface area contributed by atoms with Crippen molar-refractivity contribution in [3.8, 4) is 0 Å². The van der Waals surface area contributed by atoms with Crippen molar-refractivity contribution in [2.75, 3.05) is 26.3 Å². The van der Waals surface area contributed by atoms with E-state index in [2.05, 4.69) is 4.98 Å². The molecule has 2 rings (SSSR count). The Bertz CT molecular complexity index is 371. The number of aryl methyl sites for hydroxylation is 1. The molecule has 0 spiro atoms. The van der Waals surface area contributed by atoms with Crippen molar-refractivity contribution in [2.24, 2.45) is 0 Å². The molecular formula is C12H16N2O2. The molecule has 0 N–H and O–H groups in total. The second kappa shape index (κ2) is 5.07. The third-order valence-corrected chi connectivity index (χ3v) is 2.72. The van der Waals surface area contributed by atoms with Crippen LogP contribution < -0.4 is 0 Å². The fourth-order valence-corrected chi connectivity index (χ4v) is 1.81. The quantitative estimate of drug-likeness (QED) is 0.715. The van der Waals surface area contributed by atoms with E-state index in [0.717, 1.165) is 25.1 Å². The highest BCUT2D eigenvalue weighted by atomic mass is 16.5. The summed E-state index contributed by atoms with van der Waals surface area (Å²) in [4.78, 5) is 18.2. The predicted octanol–water partition coefficient (Wildman–Crippen LogP) is 1.25. The summed E-state index contributed by atoms with van der Waals surface area (Å²) in [5.74, 6) is 0.0172.